The molecule has 0 saturated carbocycles. The number of piperidine rings is 2. The summed E-state index contributed by atoms with van der Waals surface area (Å²) in [5, 5.41) is 0. The summed E-state index contributed by atoms with van der Waals surface area (Å²) in [6.45, 7) is 7.05. The molecule has 0 aliphatic carbocycles. The van der Waals surface area contributed by atoms with Gasteiger partial charge in [0.25, 0.3) is 5.91 Å². The Labute approximate surface area is 132 Å². The van der Waals surface area contributed by atoms with Crippen molar-refractivity contribution in [3.8, 4) is 5.75 Å². The second-order valence-electron chi connectivity index (χ2n) is 6.99. The Hall–Kier alpha value is -1.55. The lowest BCUT2D eigenvalue weighted by molar-refractivity contribution is 0.0573. The van der Waals surface area contributed by atoms with E-state index in [2.05, 4.69) is 9.80 Å². The van der Waals surface area contributed by atoms with Gasteiger partial charge in [0.15, 0.2) is 0 Å². The SMILES string of the molecule is CCOc1ccc(C(=O)N2CC3CC4CC2CN(C4)C3)cc1. The quantitative estimate of drug-likeness (QED) is 0.858. The molecule has 4 heterocycles. The van der Waals surface area contributed by atoms with Gasteiger partial charge in [-0.25, -0.2) is 0 Å². The molecule has 0 N–H and O–H groups in total. The second kappa shape index (κ2) is 5.58. The number of carbonyl (C=O) groups excluding carboxylic acids is 1. The molecule has 4 bridgehead atoms. The summed E-state index contributed by atoms with van der Waals surface area (Å²) in [5.41, 5.74) is 0.791. The van der Waals surface area contributed by atoms with Crippen LogP contribution in [0, 0.1) is 11.8 Å². The highest BCUT2D eigenvalue weighted by molar-refractivity contribution is 5.94. The number of benzene rings is 1. The zero-order chi connectivity index (χ0) is 15.1. The number of hydrogen-bond donors (Lipinski definition) is 0. The third-order valence-corrected chi connectivity index (χ3v) is 5.34. The zero-order valence-electron chi connectivity index (χ0n) is 13.2. The average molecular weight is 300 g/mol. The van der Waals surface area contributed by atoms with E-state index in [1.54, 1.807) is 0 Å². The van der Waals surface area contributed by atoms with Crippen molar-refractivity contribution in [2.24, 2.45) is 11.8 Å². The molecule has 5 rings (SSSR count). The first-order valence-electron chi connectivity index (χ1n) is 8.49. The van der Waals surface area contributed by atoms with Crippen molar-refractivity contribution in [1.82, 2.24) is 9.80 Å². The lowest BCUT2D eigenvalue weighted by Gasteiger charge is -2.41. The number of carbonyl (C=O) groups is 1. The largest absolute Gasteiger partial charge is 0.494 e. The van der Waals surface area contributed by atoms with Gasteiger partial charge in [-0.15, -0.1) is 0 Å². The molecule has 118 valence electrons. The first-order valence-corrected chi connectivity index (χ1v) is 8.49. The minimum atomic E-state index is 0.197. The van der Waals surface area contributed by atoms with Gasteiger partial charge in [-0.3, -0.25) is 4.79 Å². The molecule has 0 radical (unpaired) electrons. The van der Waals surface area contributed by atoms with E-state index in [4.69, 9.17) is 4.74 Å². The van der Waals surface area contributed by atoms with Crippen molar-refractivity contribution >= 4 is 5.91 Å². The summed E-state index contributed by atoms with van der Waals surface area (Å²) in [4.78, 5) is 17.7. The molecule has 4 heteroatoms. The fourth-order valence-corrected chi connectivity index (χ4v) is 4.56. The van der Waals surface area contributed by atoms with Gasteiger partial charge in [-0.1, -0.05) is 0 Å². The van der Waals surface area contributed by atoms with Gasteiger partial charge in [0.1, 0.15) is 5.75 Å². The van der Waals surface area contributed by atoms with Crippen LogP contribution in [0.25, 0.3) is 0 Å². The van der Waals surface area contributed by atoms with Crippen molar-refractivity contribution in [2.75, 3.05) is 32.8 Å². The van der Waals surface area contributed by atoms with E-state index in [1.807, 2.05) is 31.2 Å². The van der Waals surface area contributed by atoms with Crippen molar-refractivity contribution in [2.45, 2.75) is 25.8 Å². The van der Waals surface area contributed by atoms with Crippen LogP contribution < -0.4 is 4.74 Å². The van der Waals surface area contributed by atoms with Crippen LogP contribution in [0.5, 0.6) is 5.75 Å². The predicted molar refractivity (Wildman–Crippen MR) is 85.1 cm³/mol. The van der Waals surface area contributed by atoms with Gasteiger partial charge in [-0.05, 0) is 55.9 Å². The summed E-state index contributed by atoms with van der Waals surface area (Å²) >= 11 is 0. The molecule has 0 aromatic heterocycles. The third-order valence-electron chi connectivity index (χ3n) is 5.34. The van der Waals surface area contributed by atoms with Crippen molar-refractivity contribution in [1.29, 1.82) is 0 Å². The summed E-state index contributed by atoms with van der Waals surface area (Å²) in [5.74, 6) is 2.50. The molecule has 1 amide bonds. The maximum Gasteiger partial charge on any atom is 0.254 e. The van der Waals surface area contributed by atoms with Crippen LogP contribution in [0.2, 0.25) is 0 Å². The molecule has 4 unspecified atom stereocenters. The van der Waals surface area contributed by atoms with E-state index in [9.17, 15) is 4.79 Å². The number of rotatable bonds is 3. The molecule has 1 aromatic carbocycles. The van der Waals surface area contributed by atoms with Gasteiger partial charge in [0, 0.05) is 37.8 Å². The molecule has 4 nitrogen and oxygen atoms in total. The summed E-state index contributed by atoms with van der Waals surface area (Å²) < 4.78 is 5.46. The summed E-state index contributed by atoms with van der Waals surface area (Å²) in [6.07, 6.45) is 2.50. The average Bonchev–Trinajstić information content (AvgIpc) is 2.71. The van der Waals surface area contributed by atoms with Gasteiger partial charge in [-0.2, -0.15) is 0 Å². The minimum Gasteiger partial charge on any atom is -0.494 e. The van der Waals surface area contributed by atoms with Gasteiger partial charge in [0.2, 0.25) is 0 Å². The normalized spacial score (nSPS) is 32.9. The monoisotopic (exact) mass is 300 g/mol. The topological polar surface area (TPSA) is 32.8 Å². The van der Waals surface area contributed by atoms with E-state index < -0.39 is 0 Å². The van der Waals surface area contributed by atoms with Gasteiger partial charge < -0.3 is 14.5 Å². The Bertz CT molecular complexity index is 543. The standard InChI is InChI=1S/C18H24N2O2/c1-2-22-17-5-3-15(4-6-17)18(21)20-11-14-7-13-8-16(20)12-19(9-13)10-14/h3-6,13-14,16H,2,7-12H2,1H3. The smallest absolute Gasteiger partial charge is 0.254 e. The third kappa shape index (κ3) is 2.50. The highest BCUT2D eigenvalue weighted by atomic mass is 16.5. The van der Waals surface area contributed by atoms with Crippen LogP contribution in [-0.4, -0.2) is 54.5 Å². The molecule has 4 atom stereocenters. The summed E-state index contributed by atoms with van der Waals surface area (Å²) in [6, 6.07) is 8.03. The number of nitrogens with zero attached hydrogens (tertiary/aromatic N) is 2. The fraction of sp³-hybridized carbons (Fsp3) is 0.611. The molecular formula is C18H24N2O2. The molecule has 22 heavy (non-hydrogen) atoms. The predicted octanol–water partition coefficient (Wildman–Crippen LogP) is 2.25. The highest BCUT2D eigenvalue weighted by Crippen LogP contribution is 2.37. The van der Waals surface area contributed by atoms with Crippen molar-refractivity contribution < 1.29 is 9.53 Å². The maximum atomic E-state index is 13.0. The number of hydrogen-bond acceptors (Lipinski definition) is 3. The number of amides is 1. The van der Waals surface area contributed by atoms with Crippen LogP contribution in [-0.2, 0) is 0 Å². The molecule has 4 saturated heterocycles. The van der Waals surface area contributed by atoms with Crippen LogP contribution in [0.1, 0.15) is 30.1 Å². The van der Waals surface area contributed by atoms with E-state index in [0.717, 1.165) is 30.3 Å². The second-order valence-corrected chi connectivity index (χ2v) is 6.99. The van der Waals surface area contributed by atoms with Crippen LogP contribution in [0.15, 0.2) is 24.3 Å². The Morgan fingerprint density at radius 2 is 1.86 bits per heavy atom. The highest BCUT2D eigenvalue weighted by Gasteiger charge is 2.43. The van der Waals surface area contributed by atoms with Crippen LogP contribution in [0.3, 0.4) is 0 Å². The van der Waals surface area contributed by atoms with E-state index >= 15 is 0 Å². The minimum absolute atomic E-state index is 0.197. The number of ether oxygens (including phenoxy) is 1. The van der Waals surface area contributed by atoms with Crippen molar-refractivity contribution in [3.63, 3.8) is 0 Å². The Morgan fingerprint density at radius 3 is 2.59 bits per heavy atom. The van der Waals surface area contributed by atoms with E-state index in [0.29, 0.717) is 18.6 Å². The molecule has 4 aliphatic heterocycles. The van der Waals surface area contributed by atoms with E-state index in [1.165, 1.54) is 25.9 Å². The molecule has 0 spiro atoms. The maximum absolute atomic E-state index is 13.0. The Kier molecular flexibility index (Phi) is 3.57. The summed E-state index contributed by atoms with van der Waals surface area (Å²) in [7, 11) is 0. The van der Waals surface area contributed by atoms with Crippen molar-refractivity contribution in [3.05, 3.63) is 29.8 Å². The molecular weight excluding hydrogens is 276 g/mol. The number of fused-ring (bicyclic) bond motifs is 1. The van der Waals surface area contributed by atoms with Gasteiger partial charge >= 0.3 is 0 Å². The Balaban J connectivity index is 1.54. The lowest BCUT2D eigenvalue weighted by Crippen LogP contribution is -2.50. The van der Waals surface area contributed by atoms with E-state index in [-0.39, 0.29) is 5.91 Å². The first kappa shape index (κ1) is 14.1. The van der Waals surface area contributed by atoms with Gasteiger partial charge in [0.05, 0.1) is 6.61 Å². The van der Waals surface area contributed by atoms with Crippen LogP contribution in [0.4, 0.5) is 0 Å². The molecule has 1 aromatic rings. The first-order chi connectivity index (χ1) is 10.7. The fourth-order valence-electron chi connectivity index (χ4n) is 4.56. The van der Waals surface area contributed by atoms with Crippen LogP contribution >= 0.6 is 0 Å². The molecule has 4 fully saturated rings. The lowest BCUT2D eigenvalue weighted by atomic mass is 9.84. The molecule has 4 aliphatic rings. The Morgan fingerprint density at radius 1 is 1.09 bits per heavy atom. The zero-order valence-corrected chi connectivity index (χ0v) is 13.2.